The number of hydrogen-bond acceptors (Lipinski definition) is 3. The van der Waals surface area contributed by atoms with Gasteiger partial charge in [0.05, 0.1) is 6.10 Å². The molecule has 0 saturated heterocycles. The SMILES string of the molecule is CCC(CC)N(CC(C)C)CC(O)CNC(C)C. The Labute approximate surface area is 114 Å². The highest BCUT2D eigenvalue weighted by molar-refractivity contribution is 4.75. The van der Waals surface area contributed by atoms with Crippen LogP contribution in [0.5, 0.6) is 0 Å². The molecule has 3 nitrogen and oxygen atoms in total. The van der Waals surface area contributed by atoms with Gasteiger partial charge in [0, 0.05) is 31.7 Å². The molecule has 0 amide bonds. The van der Waals surface area contributed by atoms with Crippen molar-refractivity contribution in [3.05, 3.63) is 0 Å². The molecule has 0 radical (unpaired) electrons. The van der Waals surface area contributed by atoms with E-state index in [9.17, 15) is 5.11 Å². The summed E-state index contributed by atoms with van der Waals surface area (Å²) in [5, 5.41) is 13.4. The Morgan fingerprint density at radius 3 is 1.94 bits per heavy atom. The third-order valence-electron chi connectivity index (χ3n) is 3.27. The van der Waals surface area contributed by atoms with Gasteiger partial charge in [-0.3, -0.25) is 4.90 Å². The largest absolute Gasteiger partial charge is 0.390 e. The monoisotopic (exact) mass is 258 g/mol. The van der Waals surface area contributed by atoms with Crippen molar-refractivity contribution in [1.29, 1.82) is 0 Å². The molecule has 18 heavy (non-hydrogen) atoms. The lowest BCUT2D eigenvalue weighted by molar-refractivity contribution is 0.0738. The Hall–Kier alpha value is -0.120. The van der Waals surface area contributed by atoms with E-state index in [0.717, 1.165) is 25.9 Å². The maximum Gasteiger partial charge on any atom is 0.0791 e. The van der Waals surface area contributed by atoms with Gasteiger partial charge in [0.2, 0.25) is 0 Å². The summed E-state index contributed by atoms with van der Waals surface area (Å²) in [7, 11) is 0. The Morgan fingerprint density at radius 2 is 1.56 bits per heavy atom. The molecule has 1 unspecified atom stereocenters. The first-order valence-corrected chi connectivity index (χ1v) is 7.56. The molecule has 110 valence electrons. The summed E-state index contributed by atoms with van der Waals surface area (Å²) < 4.78 is 0. The van der Waals surface area contributed by atoms with Crippen LogP contribution in [0.4, 0.5) is 0 Å². The summed E-state index contributed by atoms with van der Waals surface area (Å²) in [4.78, 5) is 2.46. The second-order valence-electron chi connectivity index (χ2n) is 6.03. The molecular formula is C15H34N2O. The van der Waals surface area contributed by atoms with Crippen molar-refractivity contribution < 1.29 is 5.11 Å². The third-order valence-corrected chi connectivity index (χ3v) is 3.27. The predicted octanol–water partition coefficient (Wildman–Crippen LogP) is 2.49. The zero-order valence-corrected chi connectivity index (χ0v) is 13.2. The van der Waals surface area contributed by atoms with Crippen molar-refractivity contribution in [2.24, 2.45) is 5.92 Å². The Morgan fingerprint density at radius 1 is 1.00 bits per heavy atom. The van der Waals surface area contributed by atoms with Gasteiger partial charge in [-0.1, -0.05) is 41.5 Å². The molecule has 0 aliphatic heterocycles. The van der Waals surface area contributed by atoms with E-state index in [4.69, 9.17) is 0 Å². The summed E-state index contributed by atoms with van der Waals surface area (Å²) in [5.74, 6) is 0.649. The predicted molar refractivity (Wildman–Crippen MR) is 79.9 cm³/mol. The van der Waals surface area contributed by atoms with Crippen LogP contribution in [-0.4, -0.2) is 47.8 Å². The molecule has 1 atom stereocenters. The maximum absolute atomic E-state index is 10.1. The van der Waals surface area contributed by atoms with Crippen LogP contribution in [0.25, 0.3) is 0 Å². The quantitative estimate of drug-likeness (QED) is 0.632. The van der Waals surface area contributed by atoms with Gasteiger partial charge >= 0.3 is 0 Å². The van der Waals surface area contributed by atoms with Crippen molar-refractivity contribution >= 4 is 0 Å². The average molecular weight is 258 g/mol. The molecule has 0 bridgehead atoms. The molecule has 0 spiro atoms. The second-order valence-corrected chi connectivity index (χ2v) is 6.03. The van der Waals surface area contributed by atoms with Gasteiger partial charge in [-0.05, 0) is 18.8 Å². The molecule has 2 N–H and O–H groups in total. The number of nitrogens with zero attached hydrogens (tertiary/aromatic N) is 1. The van der Waals surface area contributed by atoms with Crippen LogP contribution in [0.3, 0.4) is 0 Å². The molecule has 0 rings (SSSR count). The van der Waals surface area contributed by atoms with Crippen LogP contribution in [0, 0.1) is 5.92 Å². The molecule has 0 aromatic carbocycles. The van der Waals surface area contributed by atoms with Crippen LogP contribution in [0.2, 0.25) is 0 Å². The Bertz CT molecular complexity index is 191. The standard InChI is InChI=1S/C15H34N2O/c1-7-14(8-2)17(10-12(3)4)11-15(18)9-16-13(5)6/h12-16,18H,7-11H2,1-6H3. The van der Waals surface area contributed by atoms with Crippen LogP contribution >= 0.6 is 0 Å². The molecular weight excluding hydrogens is 224 g/mol. The van der Waals surface area contributed by atoms with Crippen molar-refractivity contribution in [2.45, 2.75) is 72.6 Å². The first-order valence-electron chi connectivity index (χ1n) is 7.56. The van der Waals surface area contributed by atoms with Crippen molar-refractivity contribution in [2.75, 3.05) is 19.6 Å². The van der Waals surface area contributed by atoms with E-state index in [0.29, 0.717) is 24.5 Å². The fourth-order valence-electron chi connectivity index (χ4n) is 2.35. The highest BCUT2D eigenvalue weighted by atomic mass is 16.3. The fourth-order valence-corrected chi connectivity index (χ4v) is 2.35. The number of nitrogens with one attached hydrogen (secondary N) is 1. The summed E-state index contributed by atoms with van der Waals surface area (Å²) in [6, 6.07) is 1.03. The van der Waals surface area contributed by atoms with Crippen LogP contribution in [0.1, 0.15) is 54.4 Å². The van der Waals surface area contributed by atoms with E-state index in [1.54, 1.807) is 0 Å². The van der Waals surface area contributed by atoms with E-state index >= 15 is 0 Å². The molecule has 0 saturated carbocycles. The Balaban J connectivity index is 4.29. The summed E-state index contributed by atoms with van der Waals surface area (Å²) in [6.45, 7) is 15.7. The van der Waals surface area contributed by atoms with Gasteiger partial charge in [0.15, 0.2) is 0 Å². The minimum absolute atomic E-state index is 0.272. The first-order chi connectivity index (χ1) is 8.40. The van der Waals surface area contributed by atoms with Crippen molar-refractivity contribution in [3.8, 4) is 0 Å². The summed E-state index contributed by atoms with van der Waals surface area (Å²) >= 11 is 0. The third kappa shape index (κ3) is 8.06. The number of hydrogen-bond donors (Lipinski definition) is 2. The fraction of sp³-hybridized carbons (Fsp3) is 1.00. The van der Waals surface area contributed by atoms with Gasteiger partial charge < -0.3 is 10.4 Å². The minimum Gasteiger partial charge on any atom is -0.390 e. The molecule has 3 heteroatoms. The van der Waals surface area contributed by atoms with Crippen LogP contribution < -0.4 is 5.32 Å². The van der Waals surface area contributed by atoms with E-state index in [2.05, 4.69) is 51.8 Å². The molecule has 0 heterocycles. The summed E-state index contributed by atoms with van der Waals surface area (Å²) in [6.07, 6.45) is 2.05. The molecule has 0 fully saturated rings. The van der Waals surface area contributed by atoms with Gasteiger partial charge in [0.25, 0.3) is 0 Å². The average Bonchev–Trinajstić information content (AvgIpc) is 2.27. The van der Waals surface area contributed by atoms with E-state index in [1.165, 1.54) is 0 Å². The minimum atomic E-state index is -0.272. The molecule has 0 aromatic heterocycles. The zero-order valence-electron chi connectivity index (χ0n) is 13.2. The zero-order chi connectivity index (χ0) is 14.1. The van der Waals surface area contributed by atoms with Gasteiger partial charge in [-0.25, -0.2) is 0 Å². The first kappa shape index (κ1) is 17.9. The maximum atomic E-state index is 10.1. The van der Waals surface area contributed by atoms with Crippen LogP contribution in [-0.2, 0) is 0 Å². The number of rotatable bonds is 10. The molecule has 0 aliphatic carbocycles. The smallest absolute Gasteiger partial charge is 0.0791 e. The van der Waals surface area contributed by atoms with E-state index in [-0.39, 0.29) is 6.10 Å². The second kappa shape index (κ2) is 9.76. The lowest BCUT2D eigenvalue weighted by atomic mass is 10.1. The Kier molecular flexibility index (Phi) is 9.70. The van der Waals surface area contributed by atoms with Gasteiger partial charge in [-0.15, -0.1) is 0 Å². The number of aliphatic hydroxyl groups is 1. The molecule has 0 aliphatic rings. The summed E-state index contributed by atoms with van der Waals surface area (Å²) in [5.41, 5.74) is 0. The lowest BCUT2D eigenvalue weighted by Crippen LogP contribution is -2.45. The van der Waals surface area contributed by atoms with E-state index in [1.807, 2.05) is 0 Å². The van der Waals surface area contributed by atoms with Gasteiger partial charge in [0.1, 0.15) is 0 Å². The highest BCUT2D eigenvalue weighted by Crippen LogP contribution is 2.12. The topological polar surface area (TPSA) is 35.5 Å². The highest BCUT2D eigenvalue weighted by Gasteiger charge is 2.19. The van der Waals surface area contributed by atoms with Crippen molar-refractivity contribution in [3.63, 3.8) is 0 Å². The number of aliphatic hydroxyl groups excluding tert-OH is 1. The lowest BCUT2D eigenvalue weighted by Gasteiger charge is -2.33. The van der Waals surface area contributed by atoms with Crippen molar-refractivity contribution in [1.82, 2.24) is 10.2 Å². The molecule has 0 aromatic rings. The van der Waals surface area contributed by atoms with Gasteiger partial charge in [-0.2, -0.15) is 0 Å². The van der Waals surface area contributed by atoms with Crippen LogP contribution in [0.15, 0.2) is 0 Å². The normalized spacial score (nSPS) is 14.2. The van der Waals surface area contributed by atoms with E-state index < -0.39 is 0 Å².